The number of hydrogen-bond acceptors (Lipinski definition) is 13. The van der Waals surface area contributed by atoms with Crippen LogP contribution in [0.2, 0.25) is 5.02 Å². The van der Waals surface area contributed by atoms with E-state index in [1.165, 1.54) is 39.8 Å². The lowest BCUT2D eigenvalue weighted by Crippen LogP contribution is -2.58. The average molecular weight is 1030 g/mol. The number of aliphatic imine (C=N–C) groups is 1. The van der Waals surface area contributed by atoms with Gasteiger partial charge in [-0.15, -0.1) is 23.1 Å². The molecule has 4 rings (SSSR count). The highest BCUT2D eigenvalue weighted by atomic mass is 35.5. The number of ketones is 2. The third-order valence-corrected chi connectivity index (χ3v) is 14.7. The lowest BCUT2D eigenvalue weighted by atomic mass is 9.92. The maximum absolute atomic E-state index is 14.6. The fraction of sp³-hybridized carbons (Fsp3) is 0.565. The van der Waals surface area contributed by atoms with E-state index in [9.17, 15) is 43.2 Å². The van der Waals surface area contributed by atoms with E-state index in [1.807, 2.05) is 5.38 Å². The minimum Gasteiger partial charge on any atom is -0.370 e. The topological polar surface area (TPSA) is 307 Å². The molecule has 1 aromatic carbocycles. The van der Waals surface area contributed by atoms with Crippen molar-refractivity contribution in [2.24, 2.45) is 39.9 Å². The van der Waals surface area contributed by atoms with Crippen molar-refractivity contribution in [1.29, 1.82) is 0 Å². The number of Topliss-reactive ketones (excluding diaryl/α,β-unsaturated/α-hetero) is 2. The smallest absolute Gasteiger partial charge is 0.244 e. The number of nitrogens with two attached hydrogens (primary N) is 3. The highest BCUT2D eigenvalue weighted by Gasteiger charge is 2.41. The number of amides is 7. The largest absolute Gasteiger partial charge is 0.370 e. The SMILES string of the molecule is CCNC(=O)[C@@H](CCCN=C(N)N)NC(=O)[C@@H]1CSCN1C(=O)[C@@H]1CCSCCC(=O)C[C@@H](Cc2ccc(Cl)cc2)C(=O)N[C@@H](Cc2cccs2)C(=O)N[C@@H](C(C)C)C(=O)N[C@@H](CC(N)=O)C(=O)C1. The van der Waals surface area contributed by atoms with Gasteiger partial charge in [0.15, 0.2) is 11.7 Å². The van der Waals surface area contributed by atoms with Gasteiger partial charge in [-0.25, -0.2) is 0 Å². The average Bonchev–Trinajstić information content (AvgIpc) is 4.01. The molecule has 7 amide bonds. The number of nitrogens with zero attached hydrogens (tertiary/aromatic N) is 2. The van der Waals surface area contributed by atoms with Crippen molar-refractivity contribution in [3.63, 3.8) is 0 Å². The summed E-state index contributed by atoms with van der Waals surface area (Å²) in [4.78, 5) is 130. The van der Waals surface area contributed by atoms with Gasteiger partial charge in [0.1, 0.15) is 30.0 Å². The lowest BCUT2D eigenvalue weighted by Gasteiger charge is -2.30. The van der Waals surface area contributed by atoms with Crippen molar-refractivity contribution >= 4 is 105 Å². The Morgan fingerprint density at radius 2 is 1.62 bits per heavy atom. The number of guanidine groups is 1. The number of carbonyl (C=O) groups excluding carboxylic acids is 9. The Morgan fingerprint density at radius 1 is 0.899 bits per heavy atom. The van der Waals surface area contributed by atoms with Crippen LogP contribution < -0.4 is 43.8 Å². The number of benzene rings is 1. The quantitative estimate of drug-likeness (QED) is 0.0672. The molecule has 2 saturated heterocycles. The zero-order chi connectivity index (χ0) is 50.6. The van der Waals surface area contributed by atoms with Crippen LogP contribution in [0, 0.1) is 17.8 Å². The van der Waals surface area contributed by atoms with E-state index in [2.05, 4.69) is 31.6 Å². The van der Waals surface area contributed by atoms with Crippen molar-refractivity contribution in [1.82, 2.24) is 31.5 Å². The summed E-state index contributed by atoms with van der Waals surface area (Å²) >= 11 is 10.2. The summed E-state index contributed by atoms with van der Waals surface area (Å²) in [5.41, 5.74) is 17.2. The molecule has 378 valence electrons. The molecule has 69 heavy (non-hydrogen) atoms. The van der Waals surface area contributed by atoms with Crippen LogP contribution >= 0.6 is 46.5 Å². The van der Waals surface area contributed by atoms with E-state index >= 15 is 0 Å². The summed E-state index contributed by atoms with van der Waals surface area (Å²) in [6.45, 7) is 5.62. The molecular formula is C46H65ClN10O9S3. The molecule has 2 aliphatic rings. The molecule has 0 unspecified atom stereocenters. The second-order valence-electron chi connectivity index (χ2n) is 17.3. The minimum absolute atomic E-state index is 0.0750. The van der Waals surface area contributed by atoms with Crippen LogP contribution in [0.1, 0.15) is 76.2 Å². The molecule has 0 saturated carbocycles. The fourth-order valence-corrected chi connectivity index (χ4v) is 10.9. The molecule has 0 radical (unpaired) electrons. The summed E-state index contributed by atoms with van der Waals surface area (Å²) in [6.07, 6.45) is -0.170. The number of nitrogens with one attached hydrogen (secondary N) is 5. The standard InChI is InChI=1S/C46H65ClN10O9S3/c1-4-51-41(62)33(8-5-15-52-46(49)50)53-43(64)36-24-68-25-57(36)45(66)28-13-17-67-18-14-31(58)20-29(19-27-9-11-30(47)12-10-27)40(61)55-35(22-32-7-6-16-69-32)42(63)56-39(26(2)3)44(65)54-34(23-38(48)60)37(59)21-28/h6-7,9-12,16,26,28-29,33-36,39H,4-5,8,13-15,17-25H2,1-3H3,(H2,48,60)(H,51,62)(H,53,64)(H,54,65)(H,55,61)(H,56,63)(H4,49,50,52)/t28-,29-,33-,34+,35+,36+,39+/m1/s1. The Kier molecular flexibility index (Phi) is 23.3. The molecule has 2 aromatic rings. The minimum atomic E-state index is -1.49. The summed E-state index contributed by atoms with van der Waals surface area (Å²) < 4.78 is 0. The number of likely N-dealkylation sites (N-methyl/N-ethyl adjacent to an activating group) is 1. The predicted octanol–water partition coefficient (Wildman–Crippen LogP) is 1.43. The first-order valence-electron chi connectivity index (χ1n) is 23.0. The predicted molar refractivity (Wildman–Crippen MR) is 269 cm³/mol. The maximum Gasteiger partial charge on any atom is 0.244 e. The summed E-state index contributed by atoms with van der Waals surface area (Å²) in [7, 11) is 0. The molecule has 7 atom stereocenters. The van der Waals surface area contributed by atoms with Gasteiger partial charge in [0.25, 0.3) is 0 Å². The molecule has 2 aliphatic heterocycles. The monoisotopic (exact) mass is 1030 g/mol. The van der Waals surface area contributed by atoms with E-state index < -0.39 is 108 Å². The number of carbonyl (C=O) groups is 9. The Bertz CT molecular complexity index is 2140. The Balaban J connectivity index is 1.65. The van der Waals surface area contributed by atoms with Gasteiger partial charge in [-0.1, -0.05) is 43.6 Å². The van der Waals surface area contributed by atoms with Gasteiger partial charge in [-0.2, -0.15) is 11.8 Å². The number of thioether (sulfide) groups is 2. The van der Waals surface area contributed by atoms with E-state index in [0.717, 1.165) is 10.4 Å². The van der Waals surface area contributed by atoms with Crippen LogP contribution in [0.5, 0.6) is 0 Å². The molecule has 0 aliphatic carbocycles. The molecule has 3 heterocycles. The molecule has 0 spiro atoms. The van der Waals surface area contributed by atoms with Crippen molar-refractivity contribution in [2.45, 2.75) is 109 Å². The van der Waals surface area contributed by atoms with Crippen molar-refractivity contribution < 1.29 is 43.2 Å². The first-order valence-corrected chi connectivity index (χ1v) is 26.5. The zero-order valence-electron chi connectivity index (χ0n) is 39.2. The van der Waals surface area contributed by atoms with Crippen LogP contribution in [0.4, 0.5) is 0 Å². The third kappa shape index (κ3) is 18.6. The number of primary amides is 1. The number of hydrogen-bond donors (Lipinski definition) is 8. The highest BCUT2D eigenvalue weighted by Crippen LogP contribution is 2.28. The summed E-state index contributed by atoms with van der Waals surface area (Å²) in [5, 5.41) is 16.0. The van der Waals surface area contributed by atoms with E-state index in [4.69, 9.17) is 28.8 Å². The maximum atomic E-state index is 14.6. The van der Waals surface area contributed by atoms with Gasteiger partial charge < -0.3 is 48.7 Å². The van der Waals surface area contributed by atoms with Gasteiger partial charge >= 0.3 is 0 Å². The summed E-state index contributed by atoms with van der Waals surface area (Å²) in [5.74, 6) is -6.99. The Morgan fingerprint density at radius 3 is 2.28 bits per heavy atom. The molecule has 2 fully saturated rings. The van der Waals surface area contributed by atoms with Gasteiger partial charge in [-0.3, -0.25) is 48.1 Å². The van der Waals surface area contributed by atoms with Crippen LogP contribution in [-0.2, 0) is 56.0 Å². The first-order chi connectivity index (χ1) is 32.9. The molecule has 23 heteroatoms. The van der Waals surface area contributed by atoms with E-state index in [1.54, 1.807) is 57.2 Å². The molecule has 1 aromatic heterocycles. The zero-order valence-corrected chi connectivity index (χ0v) is 42.4. The normalized spacial score (nSPS) is 23.0. The van der Waals surface area contributed by atoms with Crippen LogP contribution in [-0.4, -0.2) is 130 Å². The van der Waals surface area contributed by atoms with Crippen molar-refractivity contribution in [2.75, 3.05) is 36.2 Å². The van der Waals surface area contributed by atoms with Crippen molar-refractivity contribution in [3.8, 4) is 0 Å². The Hall–Kier alpha value is -5.19. The number of thiophene rings is 1. The van der Waals surface area contributed by atoms with Crippen molar-refractivity contribution in [3.05, 3.63) is 57.2 Å². The second-order valence-corrected chi connectivity index (χ2v) is 21.0. The van der Waals surface area contributed by atoms with Crippen LogP contribution in [0.3, 0.4) is 0 Å². The fourth-order valence-electron chi connectivity index (χ4n) is 7.83. The van der Waals surface area contributed by atoms with E-state index in [0.29, 0.717) is 29.5 Å². The number of rotatable bonds is 16. The highest BCUT2D eigenvalue weighted by molar-refractivity contribution is 7.99. The van der Waals surface area contributed by atoms with Gasteiger partial charge in [0.05, 0.1) is 18.3 Å². The van der Waals surface area contributed by atoms with Crippen LogP contribution in [0.15, 0.2) is 46.8 Å². The van der Waals surface area contributed by atoms with Gasteiger partial charge in [0.2, 0.25) is 41.4 Å². The van der Waals surface area contributed by atoms with Gasteiger partial charge in [0, 0.05) is 72.0 Å². The molecule has 19 nitrogen and oxygen atoms in total. The molecular weight excluding hydrogens is 968 g/mol. The third-order valence-electron chi connectivity index (χ3n) is 11.5. The molecule has 11 N–H and O–H groups in total. The van der Waals surface area contributed by atoms with E-state index in [-0.39, 0.29) is 68.4 Å². The van der Waals surface area contributed by atoms with Gasteiger partial charge in [-0.05, 0) is 73.4 Å². The number of halogens is 1. The Labute approximate surface area is 420 Å². The molecule has 0 bridgehead atoms. The summed E-state index contributed by atoms with van der Waals surface area (Å²) in [6, 6.07) is 4.63. The second kappa shape index (κ2) is 28.5. The van der Waals surface area contributed by atoms with Crippen LogP contribution in [0.25, 0.3) is 0 Å². The first kappa shape index (κ1) is 56.4. The lowest BCUT2D eigenvalue weighted by molar-refractivity contribution is -0.143.